The van der Waals surface area contributed by atoms with Crippen molar-refractivity contribution in [3.8, 4) is 0 Å². The average molecular weight is 412 g/mol. The summed E-state index contributed by atoms with van der Waals surface area (Å²) in [6.45, 7) is 0.927. The van der Waals surface area contributed by atoms with E-state index in [4.69, 9.17) is 0 Å². The number of rotatable bonds is 4. The summed E-state index contributed by atoms with van der Waals surface area (Å²) in [4.78, 5) is 27.5. The van der Waals surface area contributed by atoms with Crippen LogP contribution in [0.3, 0.4) is 0 Å². The zero-order valence-electron chi connectivity index (χ0n) is 16.9. The molecule has 1 saturated carbocycles. The number of benzene rings is 2. The highest BCUT2D eigenvalue weighted by molar-refractivity contribution is 5.94. The third-order valence-corrected chi connectivity index (χ3v) is 6.49. The smallest absolute Gasteiger partial charge is 0.256 e. The molecular weight excluding hydrogens is 386 g/mol. The number of hydrogen-bond acceptors (Lipinski definition) is 2. The van der Waals surface area contributed by atoms with Crippen LogP contribution in [0.4, 0.5) is 8.78 Å². The number of amides is 2. The van der Waals surface area contributed by atoms with Gasteiger partial charge in [-0.05, 0) is 55.5 Å². The van der Waals surface area contributed by atoms with Gasteiger partial charge >= 0.3 is 0 Å². The lowest BCUT2D eigenvalue weighted by atomic mass is 9.77. The molecule has 0 spiro atoms. The summed E-state index contributed by atoms with van der Waals surface area (Å²) < 4.78 is 27.7. The van der Waals surface area contributed by atoms with Crippen LogP contribution >= 0.6 is 0 Å². The summed E-state index contributed by atoms with van der Waals surface area (Å²) >= 11 is 0. The standard InChI is InChI=1S/C24H26F2N2O2/c25-18-7-5-6-17(16-18)24(12-3-4-13-24)23(30)27-19-10-14-28(15-11-19)22(29)20-8-1-2-9-21(20)26/h1-2,5-9,16,19H,3-4,10-15H2,(H,27,30). The van der Waals surface area contributed by atoms with E-state index in [1.165, 1.54) is 24.3 Å². The lowest BCUT2D eigenvalue weighted by Gasteiger charge is -2.35. The van der Waals surface area contributed by atoms with E-state index < -0.39 is 11.2 Å². The van der Waals surface area contributed by atoms with Crippen molar-refractivity contribution in [3.63, 3.8) is 0 Å². The number of likely N-dealkylation sites (tertiary alicyclic amines) is 1. The Morgan fingerprint density at radius 3 is 2.33 bits per heavy atom. The van der Waals surface area contributed by atoms with Crippen LogP contribution in [-0.4, -0.2) is 35.8 Å². The van der Waals surface area contributed by atoms with Crippen LogP contribution in [0.5, 0.6) is 0 Å². The van der Waals surface area contributed by atoms with E-state index in [1.807, 2.05) is 6.07 Å². The topological polar surface area (TPSA) is 49.4 Å². The van der Waals surface area contributed by atoms with E-state index in [0.717, 1.165) is 18.4 Å². The number of carbonyl (C=O) groups excluding carboxylic acids is 2. The second-order valence-electron chi connectivity index (χ2n) is 8.32. The number of hydrogen-bond donors (Lipinski definition) is 1. The maximum absolute atomic E-state index is 13.9. The maximum Gasteiger partial charge on any atom is 0.256 e. The van der Waals surface area contributed by atoms with Crippen molar-refractivity contribution < 1.29 is 18.4 Å². The molecule has 2 aromatic carbocycles. The van der Waals surface area contributed by atoms with Gasteiger partial charge in [-0.2, -0.15) is 0 Å². The average Bonchev–Trinajstić information content (AvgIpc) is 3.26. The molecule has 0 radical (unpaired) electrons. The van der Waals surface area contributed by atoms with Crippen molar-refractivity contribution in [2.24, 2.45) is 0 Å². The maximum atomic E-state index is 13.9. The van der Waals surface area contributed by atoms with E-state index >= 15 is 0 Å². The first-order valence-corrected chi connectivity index (χ1v) is 10.6. The number of nitrogens with zero attached hydrogens (tertiary/aromatic N) is 1. The normalized spacial score (nSPS) is 18.9. The van der Waals surface area contributed by atoms with Gasteiger partial charge in [0.2, 0.25) is 5.91 Å². The Kier molecular flexibility index (Phi) is 5.84. The van der Waals surface area contributed by atoms with Crippen molar-refractivity contribution in [2.75, 3.05) is 13.1 Å². The first kappa shape index (κ1) is 20.5. The van der Waals surface area contributed by atoms with Gasteiger partial charge < -0.3 is 10.2 Å². The molecule has 1 aliphatic heterocycles. The van der Waals surface area contributed by atoms with Gasteiger partial charge in [-0.3, -0.25) is 9.59 Å². The quantitative estimate of drug-likeness (QED) is 0.818. The highest BCUT2D eigenvalue weighted by atomic mass is 19.1. The van der Waals surface area contributed by atoms with E-state index in [0.29, 0.717) is 38.8 Å². The first-order valence-electron chi connectivity index (χ1n) is 10.6. The molecule has 0 bridgehead atoms. The van der Waals surface area contributed by atoms with Crippen LogP contribution in [0.15, 0.2) is 48.5 Å². The minimum absolute atomic E-state index is 0.0480. The molecule has 4 nitrogen and oxygen atoms in total. The van der Waals surface area contributed by atoms with Gasteiger partial charge in [0.15, 0.2) is 0 Å². The third-order valence-electron chi connectivity index (χ3n) is 6.49. The van der Waals surface area contributed by atoms with Gasteiger partial charge in [0.1, 0.15) is 11.6 Å². The summed E-state index contributed by atoms with van der Waals surface area (Å²) in [6, 6.07) is 12.3. The monoisotopic (exact) mass is 412 g/mol. The molecule has 0 unspecified atom stereocenters. The predicted molar refractivity (Wildman–Crippen MR) is 110 cm³/mol. The van der Waals surface area contributed by atoms with Crippen LogP contribution in [0.2, 0.25) is 0 Å². The summed E-state index contributed by atoms with van der Waals surface area (Å²) in [7, 11) is 0. The van der Waals surface area contributed by atoms with E-state index in [-0.39, 0.29) is 29.2 Å². The summed E-state index contributed by atoms with van der Waals surface area (Å²) in [5.41, 5.74) is 0.142. The number of carbonyl (C=O) groups is 2. The molecular formula is C24H26F2N2O2. The molecule has 6 heteroatoms. The Balaban J connectivity index is 1.40. The summed E-state index contributed by atoms with van der Waals surface area (Å²) in [6.07, 6.45) is 4.55. The number of nitrogens with one attached hydrogen (secondary N) is 1. The SMILES string of the molecule is O=C(c1ccccc1F)N1CCC(NC(=O)C2(c3cccc(F)c3)CCCC2)CC1. The Hall–Kier alpha value is -2.76. The van der Waals surface area contributed by atoms with E-state index in [2.05, 4.69) is 5.32 Å². The van der Waals surface area contributed by atoms with Crippen LogP contribution < -0.4 is 5.32 Å². The largest absolute Gasteiger partial charge is 0.352 e. The molecule has 158 valence electrons. The second-order valence-corrected chi connectivity index (χ2v) is 8.32. The van der Waals surface area contributed by atoms with Crippen molar-refractivity contribution >= 4 is 11.8 Å². The highest BCUT2D eigenvalue weighted by Gasteiger charge is 2.43. The number of piperidine rings is 1. The second kappa shape index (κ2) is 8.54. The predicted octanol–water partition coefficient (Wildman–Crippen LogP) is 4.20. The summed E-state index contributed by atoms with van der Waals surface area (Å²) in [5.74, 6) is -1.21. The molecule has 2 aromatic rings. The van der Waals surface area contributed by atoms with Crippen LogP contribution in [0.1, 0.15) is 54.4 Å². The third kappa shape index (κ3) is 3.95. The molecule has 30 heavy (non-hydrogen) atoms. The zero-order chi connectivity index (χ0) is 21.1. The Morgan fingerprint density at radius 1 is 0.967 bits per heavy atom. The molecule has 4 rings (SSSR count). The Morgan fingerprint density at radius 2 is 1.67 bits per heavy atom. The molecule has 0 atom stereocenters. The van der Waals surface area contributed by atoms with E-state index in [1.54, 1.807) is 23.1 Å². The fourth-order valence-electron chi connectivity index (χ4n) is 4.77. The molecule has 2 fully saturated rings. The van der Waals surface area contributed by atoms with Crippen LogP contribution in [0, 0.1) is 11.6 Å². The molecule has 1 N–H and O–H groups in total. The molecule has 1 aliphatic carbocycles. The zero-order valence-corrected chi connectivity index (χ0v) is 16.9. The minimum Gasteiger partial charge on any atom is -0.352 e. The van der Waals surface area contributed by atoms with Crippen molar-refractivity contribution in [3.05, 3.63) is 71.3 Å². The van der Waals surface area contributed by atoms with Gasteiger partial charge in [-0.1, -0.05) is 37.1 Å². The minimum atomic E-state index is -0.678. The molecule has 1 heterocycles. The fraction of sp³-hybridized carbons (Fsp3) is 0.417. The van der Waals surface area contributed by atoms with Gasteiger partial charge in [-0.25, -0.2) is 8.78 Å². The molecule has 2 amide bonds. The summed E-state index contributed by atoms with van der Waals surface area (Å²) in [5, 5.41) is 3.16. The fourth-order valence-corrected chi connectivity index (χ4v) is 4.77. The van der Waals surface area contributed by atoms with Gasteiger partial charge in [0, 0.05) is 19.1 Å². The van der Waals surface area contributed by atoms with Gasteiger partial charge in [0.25, 0.3) is 5.91 Å². The van der Waals surface area contributed by atoms with Crippen molar-refractivity contribution in [1.82, 2.24) is 10.2 Å². The van der Waals surface area contributed by atoms with Gasteiger partial charge in [0.05, 0.1) is 11.0 Å². The Bertz CT molecular complexity index is 932. The lowest BCUT2D eigenvalue weighted by molar-refractivity contribution is -0.127. The highest BCUT2D eigenvalue weighted by Crippen LogP contribution is 2.41. The lowest BCUT2D eigenvalue weighted by Crippen LogP contribution is -2.51. The van der Waals surface area contributed by atoms with Crippen molar-refractivity contribution in [2.45, 2.75) is 50.0 Å². The molecule has 1 saturated heterocycles. The van der Waals surface area contributed by atoms with Crippen LogP contribution in [0.25, 0.3) is 0 Å². The van der Waals surface area contributed by atoms with Crippen LogP contribution in [-0.2, 0) is 10.2 Å². The van der Waals surface area contributed by atoms with Crippen molar-refractivity contribution in [1.29, 1.82) is 0 Å². The molecule has 0 aromatic heterocycles. The Labute approximate surface area is 175 Å². The van der Waals surface area contributed by atoms with E-state index in [9.17, 15) is 18.4 Å². The van der Waals surface area contributed by atoms with Gasteiger partial charge in [-0.15, -0.1) is 0 Å². The first-order chi connectivity index (χ1) is 14.5. The number of halogens is 2. The molecule has 2 aliphatic rings.